The van der Waals surface area contributed by atoms with E-state index in [2.05, 4.69) is 199 Å². The van der Waals surface area contributed by atoms with Crippen molar-refractivity contribution < 1.29 is 0 Å². The molecule has 0 atom stereocenters. The number of aromatic nitrogens is 24. The van der Waals surface area contributed by atoms with Crippen LogP contribution in [-0.4, -0.2) is 120 Å². The van der Waals surface area contributed by atoms with Crippen LogP contribution in [0.2, 0.25) is 0 Å². The van der Waals surface area contributed by atoms with Crippen molar-refractivity contribution in [2.75, 3.05) is 0 Å². The fourth-order valence-electron chi connectivity index (χ4n) is 15.3. The number of hydrogen-bond acceptors (Lipinski definition) is 24. The van der Waals surface area contributed by atoms with E-state index in [0.717, 1.165) is 185 Å². The second-order valence-electron chi connectivity index (χ2n) is 33.8. The largest absolute Gasteiger partial charge is 0.262 e. The normalized spacial score (nSPS) is 10.5. The molecule has 15 aromatic heterocycles. The molecule has 0 aliphatic rings. The average molecular weight is 1910 g/mol. The Morgan fingerprint density at radius 1 is 0.170 bits per heavy atom. The molecule has 0 radical (unpaired) electrons. The lowest BCUT2D eigenvalue weighted by Gasteiger charge is -2.10. The standard InChI is InChI=1S/C21H16N2.C19H14N4.2C16H13N3.C16H13N.C10H9N3.C9H8N2.2C8H7N3/c1-15-12-13-18-19(14-15)23-21(17-10-6-3-7-11-17)20(22-18)16-8-4-2-5-9-16;1-13-8-9-14-17(12-13)23-19(16-7-3-5-11-21-16)18(22-14)15-6-2-4-10-20-15;1-12-10-15(13-6-2-4-8-17-13)19-16(11-12)14-7-3-5-9-18-14;1-12-17-15(13-8-4-2-5-9-13)19-16(18-12)14-10-6-3-7-11-14;1-12-11-15(13-7-3-2-4-8-13)14-9-5-6-10-16(14)17-12;1-8-7-11-10(13-12-8)9-5-3-2-4-6-9;1-7-6-10-8-4-2-3-5-9(8)11-7;1-6-4-10-7-2-3-9-5-8(7)11-6;1-6-5-10-7-3-2-4-9-8(7)11-6/h2-14H,1H3;2-12H,1H3;2*2-11H,1H3;2-11H,1H3;2-7H,1H3;2-6H,1H3;2*2-5H,1H3. The summed E-state index contributed by atoms with van der Waals surface area (Å²) < 4.78 is 0. The zero-order chi connectivity index (χ0) is 101. The van der Waals surface area contributed by atoms with Crippen LogP contribution in [0.25, 0.3) is 180 Å². The Morgan fingerprint density at radius 3 is 1.05 bits per heavy atom. The quantitative estimate of drug-likeness (QED) is 0.123. The Hall–Kier alpha value is -19.6. The van der Waals surface area contributed by atoms with Gasteiger partial charge in [0.2, 0.25) is 0 Å². The van der Waals surface area contributed by atoms with E-state index in [-0.39, 0.29) is 0 Å². The summed E-state index contributed by atoms with van der Waals surface area (Å²) in [5.74, 6) is 2.83. The maximum atomic E-state index is 4.92. The number of para-hydroxylation sites is 3. The number of benzene rings is 10. The molecule has 147 heavy (non-hydrogen) atoms. The molecule has 0 bridgehead atoms. The van der Waals surface area contributed by atoms with Crippen LogP contribution in [0.3, 0.4) is 0 Å². The van der Waals surface area contributed by atoms with Gasteiger partial charge >= 0.3 is 0 Å². The van der Waals surface area contributed by atoms with Crippen molar-refractivity contribution >= 4 is 66.2 Å². The summed E-state index contributed by atoms with van der Waals surface area (Å²) >= 11 is 0. The molecule has 0 amide bonds. The highest BCUT2D eigenvalue weighted by Gasteiger charge is 2.18. The maximum absolute atomic E-state index is 4.92. The molecule has 10 aromatic carbocycles. The molecule has 0 saturated carbocycles. The molecule has 24 nitrogen and oxygen atoms in total. The minimum Gasteiger partial charge on any atom is -0.262 e. The van der Waals surface area contributed by atoms with Crippen LogP contribution in [0.5, 0.6) is 0 Å². The van der Waals surface area contributed by atoms with E-state index in [1.165, 1.54) is 22.1 Å². The number of pyridine rings is 8. The highest BCUT2D eigenvalue weighted by atomic mass is 15.1. The van der Waals surface area contributed by atoms with E-state index in [1.54, 1.807) is 68.2 Å². The summed E-state index contributed by atoms with van der Waals surface area (Å²) in [5, 5.41) is 9.14. The van der Waals surface area contributed by atoms with Gasteiger partial charge in [-0.2, -0.15) is 5.10 Å². The van der Waals surface area contributed by atoms with Crippen LogP contribution in [0, 0.1) is 62.3 Å². The lowest BCUT2D eigenvalue weighted by molar-refractivity contribution is 0.935. The Labute approximate surface area is 851 Å². The van der Waals surface area contributed by atoms with E-state index in [0.29, 0.717) is 23.1 Å². The van der Waals surface area contributed by atoms with Gasteiger partial charge in [-0.05, 0) is 218 Å². The molecular formula is C123H100N24. The summed E-state index contributed by atoms with van der Waals surface area (Å²) in [6, 6.07) is 124. The number of fused-ring (bicyclic) bond motifs is 6. The van der Waals surface area contributed by atoms with Gasteiger partial charge in [0, 0.05) is 94.7 Å². The van der Waals surface area contributed by atoms with E-state index in [4.69, 9.17) is 19.9 Å². The molecule has 0 spiro atoms. The molecule has 0 unspecified atom stereocenters. The van der Waals surface area contributed by atoms with Crippen LogP contribution in [0.15, 0.2) is 444 Å². The Morgan fingerprint density at radius 2 is 0.551 bits per heavy atom. The van der Waals surface area contributed by atoms with Crippen LogP contribution in [0.1, 0.15) is 51.0 Å². The third-order valence-corrected chi connectivity index (χ3v) is 22.3. The Bertz CT molecular complexity index is 8030. The van der Waals surface area contributed by atoms with Crippen molar-refractivity contribution in [1.82, 2.24) is 120 Å². The summed E-state index contributed by atoms with van der Waals surface area (Å²) in [4.78, 5) is 97.1. The maximum Gasteiger partial charge on any atom is 0.181 e. The third kappa shape index (κ3) is 27.3. The number of rotatable bonds is 10. The van der Waals surface area contributed by atoms with Gasteiger partial charge in [0.1, 0.15) is 28.2 Å². The summed E-state index contributed by atoms with van der Waals surface area (Å²) in [6.45, 7) is 17.7. The molecule has 0 saturated heterocycles. The predicted molar refractivity (Wildman–Crippen MR) is 587 cm³/mol. The van der Waals surface area contributed by atoms with Crippen molar-refractivity contribution in [3.05, 3.63) is 495 Å². The van der Waals surface area contributed by atoms with E-state index in [9.17, 15) is 0 Å². The van der Waals surface area contributed by atoms with Gasteiger partial charge in [0.15, 0.2) is 23.1 Å². The van der Waals surface area contributed by atoms with E-state index >= 15 is 0 Å². The zero-order valence-electron chi connectivity index (χ0n) is 82.4. The van der Waals surface area contributed by atoms with Crippen molar-refractivity contribution in [3.8, 4) is 113 Å². The Balaban J connectivity index is 0.000000114. The van der Waals surface area contributed by atoms with Gasteiger partial charge in [-0.1, -0.05) is 249 Å². The minimum absolute atomic E-state index is 0.672. The summed E-state index contributed by atoms with van der Waals surface area (Å²) in [6.07, 6.45) is 19.2. The minimum atomic E-state index is 0.672. The summed E-state index contributed by atoms with van der Waals surface area (Å²) in [5.41, 5.74) is 34.2. The van der Waals surface area contributed by atoms with Crippen molar-refractivity contribution in [2.45, 2.75) is 62.3 Å². The molecule has 25 rings (SSSR count). The monoisotopic (exact) mass is 1910 g/mol. The lowest BCUT2D eigenvalue weighted by atomic mass is 10.0. The zero-order valence-corrected chi connectivity index (χ0v) is 82.4. The highest BCUT2D eigenvalue weighted by molar-refractivity contribution is 5.95. The fourth-order valence-corrected chi connectivity index (χ4v) is 15.3. The predicted octanol–water partition coefficient (Wildman–Crippen LogP) is 27.0. The van der Waals surface area contributed by atoms with Crippen molar-refractivity contribution in [3.63, 3.8) is 0 Å². The van der Waals surface area contributed by atoms with Crippen molar-refractivity contribution in [2.24, 2.45) is 0 Å². The topological polar surface area (TPSA) is 309 Å². The average Bonchev–Trinajstić information content (AvgIpc) is 0.782. The Kier molecular flexibility index (Phi) is 33.3. The van der Waals surface area contributed by atoms with Crippen LogP contribution in [-0.2, 0) is 0 Å². The first kappa shape index (κ1) is 99.0. The number of nitrogens with zero attached hydrogens (tertiary/aromatic N) is 24. The number of hydrogen-bond donors (Lipinski definition) is 0. The first-order valence-electron chi connectivity index (χ1n) is 47.6. The van der Waals surface area contributed by atoms with Gasteiger partial charge in [-0.15, -0.1) is 5.10 Å². The molecule has 25 aromatic rings. The van der Waals surface area contributed by atoms with Gasteiger partial charge in [-0.25, -0.2) is 64.8 Å². The van der Waals surface area contributed by atoms with E-state index in [1.807, 2.05) is 340 Å². The lowest BCUT2D eigenvalue weighted by Crippen LogP contribution is -1.99. The second kappa shape index (κ2) is 49.5. The molecule has 0 N–H and O–H groups in total. The van der Waals surface area contributed by atoms with Crippen LogP contribution < -0.4 is 0 Å². The van der Waals surface area contributed by atoms with Gasteiger partial charge in [0.05, 0.1) is 125 Å². The highest BCUT2D eigenvalue weighted by Crippen LogP contribution is 2.35. The van der Waals surface area contributed by atoms with Gasteiger partial charge in [0.25, 0.3) is 0 Å². The van der Waals surface area contributed by atoms with Crippen molar-refractivity contribution in [1.29, 1.82) is 0 Å². The second-order valence-corrected chi connectivity index (χ2v) is 33.8. The molecule has 24 heteroatoms. The van der Waals surface area contributed by atoms with E-state index < -0.39 is 0 Å². The molecule has 712 valence electrons. The molecule has 0 aliphatic carbocycles. The smallest absolute Gasteiger partial charge is 0.181 e. The first-order valence-corrected chi connectivity index (χ1v) is 47.6. The van der Waals surface area contributed by atoms with Gasteiger partial charge < -0.3 is 0 Å². The molecule has 0 fully saturated rings. The SMILES string of the molecule is Cc1cc(-c2ccccc2)c2ccccc2n1.Cc1cc(-c2ccccn2)nc(-c2ccccn2)c1.Cc1ccc2nc(-c3ccccc3)c(-c3ccccc3)nc2c1.Cc1ccc2nc(-c3ccccn3)c(-c3ccccn3)nc2c1.Cc1cnc(-c2ccccc2)nn1.Cc1cnc2ccccc2n1.Cc1cnc2cccnc2n1.Cc1cnc2ccncc2n1.Cc1nc(-c2ccccc2)nc(-c2ccccc2)n1. The summed E-state index contributed by atoms with van der Waals surface area (Å²) in [7, 11) is 0. The third-order valence-electron chi connectivity index (χ3n) is 22.3. The first-order chi connectivity index (χ1) is 72.1. The number of aryl methyl sites for hydroxylation is 9. The fraction of sp³-hybridized carbons (Fsp3) is 0.0732. The van der Waals surface area contributed by atoms with Crippen LogP contribution in [0.4, 0.5) is 0 Å². The molecule has 0 aliphatic heterocycles. The molecular weight excluding hydrogens is 1810 g/mol. The van der Waals surface area contributed by atoms with Crippen LogP contribution >= 0.6 is 0 Å². The van der Waals surface area contributed by atoms with Gasteiger partial charge in [-0.3, -0.25) is 44.9 Å². The molecule has 15 heterocycles.